The molecule has 0 aliphatic heterocycles. The van der Waals surface area contributed by atoms with Crippen molar-refractivity contribution >= 4 is 34.4 Å². The third-order valence-corrected chi connectivity index (χ3v) is 3.37. The molecule has 0 unspecified atom stereocenters. The Morgan fingerprint density at radius 1 is 1.30 bits per heavy atom. The third-order valence-electron chi connectivity index (χ3n) is 3.15. The van der Waals surface area contributed by atoms with Gasteiger partial charge in [0.05, 0.1) is 15.6 Å². The standard InChI is InChI=1S/C14H10ClN5O3/c1-8-14(19-7-9(15)2-5-13(19)16-8)18-17-11-6-10(20(22)23)3-4-12(11)21/h2-7,21H,1H3. The number of nitrogens with zero attached hydrogens (tertiary/aromatic N) is 5. The molecular formula is C14H10ClN5O3. The molecule has 1 aromatic carbocycles. The summed E-state index contributed by atoms with van der Waals surface area (Å²) in [5, 5.41) is 29.0. The summed E-state index contributed by atoms with van der Waals surface area (Å²) in [5.74, 6) is 0.220. The van der Waals surface area contributed by atoms with Gasteiger partial charge in [0.2, 0.25) is 0 Å². The molecule has 0 amide bonds. The molecule has 0 atom stereocenters. The quantitative estimate of drug-likeness (QED) is 0.438. The zero-order valence-electron chi connectivity index (χ0n) is 11.8. The van der Waals surface area contributed by atoms with E-state index in [-0.39, 0.29) is 17.1 Å². The van der Waals surface area contributed by atoms with Crippen LogP contribution in [0.5, 0.6) is 5.75 Å². The molecule has 0 saturated carbocycles. The van der Waals surface area contributed by atoms with Crippen molar-refractivity contribution in [3.63, 3.8) is 0 Å². The summed E-state index contributed by atoms with van der Waals surface area (Å²) in [4.78, 5) is 14.5. The number of aromatic nitrogens is 2. The van der Waals surface area contributed by atoms with Crippen molar-refractivity contribution in [2.45, 2.75) is 6.92 Å². The van der Waals surface area contributed by atoms with Crippen LogP contribution in [0.15, 0.2) is 46.8 Å². The van der Waals surface area contributed by atoms with E-state index in [2.05, 4.69) is 15.2 Å². The van der Waals surface area contributed by atoms with Gasteiger partial charge in [-0.15, -0.1) is 10.2 Å². The molecule has 0 bridgehead atoms. The fraction of sp³-hybridized carbons (Fsp3) is 0.0714. The fourth-order valence-corrected chi connectivity index (χ4v) is 2.21. The molecule has 116 valence electrons. The normalized spacial score (nSPS) is 11.4. The van der Waals surface area contributed by atoms with Crippen LogP contribution in [0.3, 0.4) is 0 Å². The van der Waals surface area contributed by atoms with Crippen LogP contribution in [-0.2, 0) is 0 Å². The lowest BCUT2D eigenvalue weighted by Crippen LogP contribution is -1.86. The summed E-state index contributed by atoms with van der Waals surface area (Å²) < 4.78 is 1.65. The van der Waals surface area contributed by atoms with Crippen LogP contribution in [0.25, 0.3) is 5.65 Å². The molecule has 2 heterocycles. The molecule has 0 saturated heterocycles. The summed E-state index contributed by atoms with van der Waals surface area (Å²) in [6.07, 6.45) is 1.64. The Kier molecular flexibility index (Phi) is 3.67. The van der Waals surface area contributed by atoms with Gasteiger partial charge < -0.3 is 5.11 Å². The van der Waals surface area contributed by atoms with E-state index < -0.39 is 4.92 Å². The molecule has 3 aromatic rings. The van der Waals surface area contributed by atoms with Gasteiger partial charge >= 0.3 is 0 Å². The van der Waals surface area contributed by atoms with Gasteiger partial charge in [-0.3, -0.25) is 14.5 Å². The summed E-state index contributed by atoms with van der Waals surface area (Å²) in [5.41, 5.74) is 1.07. The van der Waals surface area contributed by atoms with Gasteiger partial charge in [-0.25, -0.2) is 4.98 Å². The van der Waals surface area contributed by atoms with Crippen molar-refractivity contribution in [2.24, 2.45) is 10.2 Å². The second kappa shape index (κ2) is 5.65. The maximum absolute atomic E-state index is 10.8. The number of hydrogen-bond acceptors (Lipinski definition) is 6. The highest BCUT2D eigenvalue weighted by Crippen LogP contribution is 2.32. The van der Waals surface area contributed by atoms with Crippen LogP contribution in [0.1, 0.15) is 5.69 Å². The number of fused-ring (bicyclic) bond motifs is 1. The largest absolute Gasteiger partial charge is 0.506 e. The lowest BCUT2D eigenvalue weighted by atomic mass is 10.2. The smallest absolute Gasteiger partial charge is 0.271 e. The molecule has 3 rings (SSSR count). The third kappa shape index (κ3) is 2.84. The van der Waals surface area contributed by atoms with Crippen LogP contribution < -0.4 is 0 Å². The Morgan fingerprint density at radius 2 is 2.09 bits per heavy atom. The van der Waals surface area contributed by atoms with Gasteiger partial charge in [0, 0.05) is 18.3 Å². The minimum absolute atomic E-state index is 0.00409. The predicted molar refractivity (Wildman–Crippen MR) is 83.9 cm³/mol. The van der Waals surface area contributed by atoms with E-state index in [9.17, 15) is 15.2 Å². The summed E-state index contributed by atoms with van der Waals surface area (Å²) >= 11 is 5.96. The number of rotatable bonds is 3. The number of nitro groups is 1. The Hall–Kier alpha value is -3.00. The van der Waals surface area contributed by atoms with Crippen molar-refractivity contribution in [3.05, 3.63) is 57.4 Å². The van der Waals surface area contributed by atoms with Gasteiger partial charge in [0.25, 0.3) is 5.69 Å². The van der Waals surface area contributed by atoms with Gasteiger partial charge in [-0.2, -0.15) is 0 Å². The molecule has 2 aromatic heterocycles. The number of azo groups is 1. The number of aryl methyl sites for hydroxylation is 1. The average Bonchev–Trinajstić information content (AvgIpc) is 2.81. The first kappa shape index (κ1) is 14.9. The average molecular weight is 332 g/mol. The van der Waals surface area contributed by atoms with Crippen molar-refractivity contribution < 1.29 is 10.0 Å². The highest BCUT2D eigenvalue weighted by atomic mass is 35.5. The number of phenols is 1. The number of non-ortho nitro benzene ring substituents is 1. The molecule has 0 spiro atoms. The number of hydrogen-bond donors (Lipinski definition) is 1. The van der Waals surface area contributed by atoms with Gasteiger partial charge in [0.15, 0.2) is 5.82 Å². The van der Waals surface area contributed by atoms with E-state index >= 15 is 0 Å². The SMILES string of the molecule is Cc1nc2ccc(Cl)cn2c1N=Nc1cc([N+](=O)[O-])ccc1O. The first-order valence-corrected chi connectivity index (χ1v) is 6.87. The molecule has 0 aliphatic carbocycles. The molecule has 1 N–H and O–H groups in total. The number of imidazole rings is 1. The van der Waals surface area contributed by atoms with Crippen molar-refractivity contribution in [2.75, 3.05) is 0 Å². The second-order valence-corrected chi connectivity index (χ2v) is 5.16. The van der Waals surface area contributed by atoms with Crippen molar-refractivity contribution in [3.8, 4) is 5.75 Å². The van der Waals surface area contributed by atoms with Crippen LogP contribution in [0.4, 0.5) is 17.2 Å². The Bertz CT molecular complexity index is 951. The zero-order valence-corrected chi connectivity index (χ0v) is 12.6. The fourth-order valence-electron chi connectivity index (χ4n) is 2.05. The van der Waals surface area contributed by atoms with Crippen LogP contribution in [-0.4, -0.2) is 19.4 Å². The maximum Gasteiger partial charge on any atom is 0.271 e. The number of benzene rings is 1. The molecule has 0 aliphatic rings. The topological polar surface area (TPSA) is 105 Å². The number of halogens is 1. The highest BCUT2D eigenvalue weighted by Gasteiger charge is 2.12. The molecular weight excluding hydrogens is 322 g/mol. The monoisotopic (exact) mass is 331 g/mol. The van der Waals surface area contributed by atoms with E-state index in [0.717, 1.165) is 6.07 Å². The van der Waals surface area contributed by atoms with Crippen LogP contribution in [0, 0.1) is 17.0 Å². The minimum Gasteiger partial charge on any atom is -0.506 e. The number of aromatic hydroxyl groups is 1. The Labute approximate surface area is 134 Å². The highest BCUT2D eigenvalue weighted by molar-refractivity contribution is 6.30. The van der Waals surface area contributed by atoms with E-state index in [0.29, 0.717) is 22.2 Å². The maximum atomic E-state index is 10.8. The summed E-state index contributed by atoms with van der Waals surface area (Å²) in [6, 6.07) is 6.97. The van der Waals surface area contributed by atoms with Gasteiger partial charge in [-0.05, 0) is 25.1 Å². The minimum atomic E-state index is -0.572. The summed E-state index contributed by atoms with van der Waals surface area (Å²) in [6.45, 7) is 1.75. The molecule has 23 heavy (non-hydrogen) atoms. The van der Waals surface area contributed by atoms with Crippen molar-refractivity contribution in [1.29, 1.82) is 0 Å². The Morgan fingerprint density at radius 3 is 2.83 bits per heavy atom. The van der Waals surface area contributed by atoms with Crippen LogP contribution >= 0.6 is 11.6 Å². The van der Waals surface area contributed by atoms with Gasteiger partial charge in [0.1, 0.15) is 17.1 Å². The van der Waals surface area contributed by atoms with E-state index in [1.807, 2.05) is 0 Å². The zero-order chi connectivity index (χ0) is 16.6. The first-order chi connectivity index (χ1) is 11.0. The lowest BCUT2D eigenvalue weighted by molar-refractivity contribution is -0.384. The molecule has 9 heteroatoms. The Balaban J connectivity index is 2.07. The second-order valence-electron chi connectivity index (χ2n) is 4.73. The number of nitro benzene ring substituents is 1. The molecule has 8 nitrogen and oxygen atoms in total. The number of phenolic OH excluding ortho intramolecular Hbond substituents is 1. The van der Waals surface area contributed by atoms with E-state index in [1.165, 1.54) is 12.1 Å². The van der Waals surface area contributed by atoms with Gasteiger partial charge in [-0.1, -0.05) is 11.6 Å². The molecule has 0 radical (unpaired) electrons. The lowest BCUT2D eigenvalue weighted by Gasteiger charge is -1.99. The summed E-state index contributed by atoms with van der Waals surface area (Å²) in [7, 11) is 0. The van der Waals surface area contributed by atoms with E-state index in [1.54, 1.807) is 29.7 Å². The molecule has 0 fully saturated rings. The van der Waals surface area contributed by atoms with E-state index in [4.69, 9.17) is 11.6 Å². The van der Waals surface area contributed by atoms with Crippen LogP contribution in [0.2, 0.25) is 5.02 Å². The van der Waals surface area contributed by atoms with Crippen molar-refractivity contribution in [1.82, 2.24) is 9.38 Å². The predicted octanol–water partition coefficient (Wildman–Crippen LogP) is 4.33. The number of pyridine rings is 1. The first-order valence-electron chi connectivity index (χ1n) is 6.49.